The van der Waals surface area contributed by atoms with Gasteiger partial charge in [-0.2, -0.15) is 0 Å². The van der Waals surface area contributed by atoms with E-state index in [9.17, 15) is 5.11 Å². The summed E-state index contributed by atoms with van der Waals surface area (Å²) >= 11 is 0. The average molecular weight is 335 g/mol. The molecule has 1 aliphatic heterocycles. The lowest BCUT2D eigenvalue weighted by molar-refractivity contribution is 0.263. The van der Waals surface area contributed by atoms with Crippen LogP contribution in [0, 0.1) is 0 Å². The van der Waals surface area contributed by atoms with Gasteiger partial charge < -0.3 is 9.67 Å². The van der Waals surface area contributed by atoms with Gasteiger partial charge in [-0.25, -0.2) is 4.98 Å². The van der Waals surface area contributed by atoms with Gasteiger partial charge in [-0.05, 0) is 56.6 Å². The van der Waals surface area contributed by atoms with Crippen molar-refractivity contribution in [2.24, 2.45) is 0 Å². The van der Waals surface area contributed by atoms with Gasteiger partial charge in [-0.1, -0.05) is 30.3 Å². The molecule has 1 unspecified atom stereocenters. The fraction of sp³-hybridized carbons (Fsp3) is 0.381. The first-order valence-corrected chi connectivity index (χ1v) is 9.18. The van der Waals surface area contributed by atoms with Crippen molar-refractivity contribution in [3.8, 4) is 11.4 Å². The fourth-order valence-electron chi connectivity index (χ4n) is 3.90. The smallest absolute Gasteiger partial charge is 0.141 e. The normalized spacial score (nSPS) is 16.6. The maximum absolute atomic E-state index is 9.50. The summed E-state index contributed by atoms with van der Waals surface area (Å²) in [5.41, 5.74) is 4.50. The van der Waals surface area contributed by atoms with Crippen molar-refractivity contribution in [2.45, 2.75) is 32.4 Å². The summed E-state index contributed by atoms with van der Waals surface area (Å²) in [4.78, 5) is 7.39. The number of imidazole rings is 1. The molecule has 1 saturated heterocycles. The number of aliphatic hydroxyl groups is 1. The van der Waals surface area contributed by atoms with Gasteiger partial charge in [-0.3, -0.25) is 4.90 Å². The highest BCUT2D eigenvalue weighted by molar-refractivity contribution is 5.80. The van der Waals surface area contributed by atoms with Crippen LogP contribution in [0.4, 0.5) is 0 Å². The van der Waals surface area contributed by atoms with E-state index in [-0.39, 0.29) is 6.61 Å². The summed E-state index contributed by atoms with van der Waals surface area (Å²) in [6.45, 7) is 5.34. The number of nitrogens with zero attached hydrogens (tertiary/aromatic N) is 3. The Hall–Kier alpha value is -2.17. The Kier molecular flexibility index (Phi) is 4.55. The number of rotatable bonds is 5. The molecule has 4 nitrogen and oxygen atoms in total. The number of hydrogen-bond acceptors (Lipinski definition) is 3. The molecular weight excluding hydrogens is 310 g/mol. The highest BCUT2D eigenvalue weighted by Crippen LogP contribution is 2.29. The first-order valence-electron chi connectivity index (χ1n) is 9.18. The topological polar surface area (TPSA) is 41.3 Å². The maximum Gasteiger partial charge on any atom is 0.141 e. The summed E-state index contributed by atoms with van der Waals surface area (Å²) in [6.07, 6.45) is 2.60. The highest BCUT2D eigenvalue weighted by Gasteiger charge is 2.20. The molecule has 0 spiro atoms. The van der Waals surface area contributed by atoms with Crippen LogP contribution in [0.25, 0.3) is 22.4 Å². The zero-order chi connectivity index (χ0) is 17.2. The Morgan fingerprint density at radius 1 is 1.08 bits per heavy atom. The van der Waals surface area contributed by atoms with Gasteiger partial charge >= 0.3 is 0 Å². The highest BCUT2D eigenvalue weighted by atomic mass is 16.3. The van der Waals surface area contributed by atoms with Crippen molar-refractivity contribution in [3.05, 3.63) is 54.1 Å². The standard InChI is InChI=1S/C21H25N3O/c1-16(23-11-4-5-12-23)17-7-6-8-18(15-17)21-22-19-9-2-3-10-20(19)24(21)13-14-25/h2-3,6-10,15-16,25H,4-5,11-14H2,1H3. The van der Waals surface area contributed by atoms with Crippen LogP contribution in [-0.4, -0.2) is 39.3 Å². The lowest BCUT2D eigenvalue weighted by atomic mass is 10.0. The molecule has 0 bridgehead atoms. The van der Waals surface area contributed by atoms with Gasteiger partial charge in [0.05, 0.1) is 17.6 Å². The first-order chi connectivity index (χ1) is 12.3. The van der Waals surface area contributed by atoms with Crippen LogP contribution in [0.2, 0.25) is 0 Å². The fourth-order valence-corrected chi connectivity index (χ4v) is 3.90. The summed E-state index contributed by atoms with van der Waals surface area (Å²) in [7, 11) is 0. The lowest BCUT2D eigenvalue weighted by Crippen LogP contribution is -2.23. The van der Waals surface area contributed by atoms with Crippen LogP contribution in [0.5, 0.6) is 0 Å². The molecule has 0 saturated carbocycles. The predicted molar refractivity (Wildman–Crippen MR) is 101 cm³/mol. The first kappa shape index (κ1) is 16.3. The number of hydrogen-bond donors (Lipinski definition) is 1. The molecule has 4 rings (SSSR count). The molecule has 1 aromatic heterocycles. The Bertz CT molecular complexity index is 864. The van der Waals surface area contributed by atoms with Crippen LogP contribution in [0.1, 0.15) is 31.4 Å². The number of benzene rings is 2. The number of fused-ring (bicyclic) bond motifs is 1. The van der Waals surface area contributed by atoms with Crippen molar-refractivity contribution in [1.82, 2.24) is 14.5 Å². The molecule has 1 aliphatic rings. The lowest BCUT2D eigenvalue weighted by Gasteiger charge is -2.24. The molecule has 1 fully saturated rings. The third-order valence-electron chi connectivity index (χ3n) is 5.29. The SMILES string of the molecule is CC(c1cccc(-c2nc3ccccc3n2CCO)c1)N1CCCC1. The van der Waals surface area contributed by atoms with Crippen LogP contribution < -0.4 is 0 Å². The van der Waals surface area contributed by atoms with E-state index >= 15 is 0 Å². The van der Waals surface area contributed by atoms with Crippen LogP contribution >= 0.6 is 0 Å². The molecule has 25 heavy (non-hydrogen) atoms. The van der Waals surface area contributed by atoms with Gasteiger partial charge in [0.2, 0.25) is 0 Å². The van der Waals surface area contributed by atoms with Gasteiger partial charge in [0.1, 0.15) is 5.82 Å². The number of aliphatic hydroxyl groups excluding tert-OH is 1. The van der Waals surface area contributed by atoms with Crippen LogP contribution in [0.15, 0.2) is 48.5 Å². The van der Waals surface area contributed by atoms with E-state index in [4.69, 9.17) is 4.98 Å². The van der Waals surface area contributed by atoms with E-state index in [2.05, 4.69) is 46.7 Å². The summed E-state index contributed by atoms with van der Waals surface area (Å²) in [6, 6.07) is 17.3. The summed E-state index contributed by atoms with van der Waals surface area (Å²) in [5, 5.41) is 9.50. The Balaban J connectivity index is 1.75. The minimum Gasteiger partial charge on any atom is -0.395 e. The summed E-state index contributed by atoms with van der Waals surface area (Å²) < 4.78 is 2.12. The Labute approximate surface area is 148 Å². The molecule has 2 heterocycles. The second-order valence-corrected chi connectivity index (χ2v) is 6.84. The van der Waals surface area contributed by atoms with E-state index < -0.39 is 0 Å². The minimum absolute atomic E-state index is 0.108. The molecule has 130 valence electrons. The zero-order valence-electron chi connectivity index (χ0n) is 14.7. The molecule has 0 aliphatic carbocycles. The molecule has 4 heteroatoms. The molecule has 0 radical (unpaired) electrons. The molecule has 1 atom stereocenters. The zero-order valence-corrected chi connectivity index (χ0v) is 14.7. The van der Waals surface area contributed by atoms with Crippen molar-refractivity contribution in [2.75, 3.05) is 19.7 Å². The summed E-state index contributed by atoms with van der Waals surface area (Å²) in [5.74, 6) is 0.936. The van der Waals surface area contributed by atoms with Crippen molar-refractivity contribution < 1.29 is 5.11 Å². The Morgan fingerprint density at radius 3 is 2.68 bits per heavy atom. The van der Waals surface area contributed by atoms with E-state index in [0.29, 0.717) is 12.6 Å². The maximum atomic E-state index is 9.50. The largest absolute Gasteiger partial charge is 0.395 e. The van der Waals surface area contributed by atoms with Crippen LogP contribution in [-0.2, 0) is 6.54 Å². The third-order valence-corrected chi connectivity index (χ3v) is 5.29. The average Bonchev–Trinajstić information content (AvgIpc) is 3.30. The third kappa shape index (κ3) is 3.08. The predicted octanol–water partition coefficient (Wildman–Crippen LogP) is 3.85. The van der Waals surface area contributed by atoms with Crippen molar-refractivity contribution >= 4 is 11.0 Å². The Morgan fingerprint density at radius 2 is 1.88 bits per heavy atom. The molecule has 2 aromatic carbocycles. The van der Waals surface area contributed by atoms with Gasteiger partial charge in [0, 0.05) is 18.2 Å². The monoisotopic (exact) mass is 335 g/mol. The second kappa shape index (κ2) is 6.98. The van der Waals surface area contributed by atoms with Crippen molar-refractivity contribution in [3.63, 3.8) is 0 Å². The quantitative estimate of drug-likeness (QED) is 0.770. The van der Waals surface area contributed by atoms with E-state index in [1.807, 2.05) is 18.2 Å². The van der Waals surface area contributed by atoms with Gasteiger partial charge in [0.15, 0.2) is 0 Å². The van der Waals surface area contributed by atoms with Gasteiger partial charge in [-0.15, -0.1) is 0 Å². The molecule has 0 amide bonds. The number of likely N-dealkylation sites (tertiary alicyclic amines) is 1. The van der Waals surface area contributed by atoms with E-state index in [0.717, 1.165) is 22.4 Å². The second-order valence-electron chi connectivity index (χ2n) is 6.84. The molecule has 1 N–H and O–H groups in total. The van der Waals surface area contributed by atoms with E-state index in [1.54, 1.807) is 0 Å². The van der Waals surface area contributed by atoms with Crippen LogP contribution in [0.3, 0.4) is 0 Å². The number of para-hydroxylation sites is 2. The molecule has 3 aromatic rings. The molecular formula is C21H25N3O. The number of aromatic nitrogens is 2. The van der Waals surface area contributed by atoms with E-state index in [1.165, 1.54) is 31.5 Å². The van der Waals surface area contributed by atoms with Gasteiger partial charge in [0.25, 0.3) is 0 Å². The minimum atomic E-state index is 0.108. The van der Waals surface area contributed by atoms with Crippen molar-refractivity contribution in [1.29, 1.82) is 0 Å².